The van der Waals surface area contributed by atoms with E-state index in [-0.39, 0.29) is 24.1 Å². The highest BCUT2D eigenvalue weighted by Gasteiger charge is 2.53. The minimum absolute atomic E-state index is 0.145. The molecule has 2 aliphatic rings. The van der Waals surface area contributed by atoms with Crippen molar-refractivity contribution in [1.82, 2.24) is 10.2 Å². The van der Waals surface area contributed by atoms with Crippen LogP contribution in [0.1, 0.15) is 38.2 Å². The van der Waals surface area contributed by atoms with Gasteiger partial charge in [0.1, 0.15) is 17.6 Å². The van der Waals surface area contributed by atoms with Gasteiger partial charge in [-0.1, -0.05) is 18.2 Å². The average Bonchev–Trinajstić information content (AvgIpc) is 3.48. The van der Waals surface area contributed by atoms with Gasteiger partial charge in [-0.15, -0.1) is 0 Å². The van der Waals surface area contributed by atoms with Crippen molar-refractivity contribution < 1.29 is 27.2 Å². The molecule has 1 heterocycles. The fourth-order valence-electron chi connectivity index (χ4n) is 4.08. The molecule has 1 N–H and O–H groups in total. The number of sulfone groups is 1. The third kappa shape index (κ3) is 4.88. The minimum Gasteiger partial charge on any atom is -0.344 e. The van der Waals surface area contributed by atoms with Gasteiger partial charge in [-0.25, -0.2) is 12.8 Å². The summed E-state index contributed by atoms with van der Waals surface area (Å²) >= 11 is 0. The van der Waals surface area contributed by atoms with Gasteiger partial charge in [0.25, 0.3) is 0 Å². The lowest BCUT2D eigenvalue weighted by atomic mass is 9.93. The monoisotopic (exact) mass is 438 g/mol. The molecule has 2 fully saturated rings. The summed E-state index contributed by atoms with van der Waals surface area (Å²) in [7, 11) is -3.42. The minimum atomic E-state index is -3.42. The Bertz CT molecular complexity index is 958. The van der Waals surface area contributed by atoms with E-state index < -0.39 is 38.8 Å². The maximum atomic E-state index is 14.2. The standard InChI is InChI=1S/C21H27FN2O5S/c1-14(23-20(27)21(9-10-21)16-7-3-4-8-17(16)22)19(26)24-11-5-6-15(12-24)18(25)13-30(2,28)29/h3-4,7-8,14-15H,5-6,9-13H2,1-2H3,(H,23,27)/t14-,15?/m1/s1. The second-order valence-electron chi connectivity index (χ2n) is 8.42. The maximum absolute atomic E-state index is 14.2. The predicted octanol–water partition coefficient (Wildman–Crippen LogP) is 1.21. The van der Waals surface area contributed by atoms with Gasteiger partial charge in [0.15, 0.2) is 15.6 Å². The summed E-state index contributed by atoms with van der Waals surface area (Å²) in [4.78, 5) is 39.4. The third-order valence-corrected chi connectivity index (χ3v) is 6.69. The molecule has 2 amide bonds. The first-order valence-corrected chi connectivity index (χ1v) is 12.1. The number of halogens is 1. The van der Waals surface area contributed by atoms with Crippen LogP contribution in [-0.2, 0) is 29.6 Å². The first-order chi connectivity index (χ1) is 14.0. The summed E-state index contributed by atoms with van der Waals surface area (Å²) in [6, 6.07) is 5.33. The third-order valence-electron chi connectivity index (χ3n) is 5.88. The zero-order valence-corrected chi connectivity index (χ0v) is 18.0. The summed E-state index contributed by atoms with van der Waals surface area (Å²) in [5.74, 6) is -2.58. The van der Waals surface area contributed by atoms with Gasteiger partial charge in [0, 0.05) is 30.8 Å². The van der Waals surface area contributed by atoms with Gasteiger partial charge in [-0.3, -0.25) is 14.4 Å². The van der Waals surface area contributed by atoms with Gasteiger partial charge >= 0.3 is 0 Å². The first kappa shape index (κ1) is 22.4. The molecule has 1 aliphatic heterocycles. The van der Waals surface area contributed by atoms with E-state index in [1.807, 2.05) is 0 Å². The quantitative estimate of drug-likeness (QED) is 0.690. The van der Waals surface area contributed by atoms with Crippen LogP contribution in [0.3, 0.4) is 0 Å². The van der Waals surface area contributed by atoms with E-state index in [2.05, 4.69) is 5.32 Å². The number of piperidine rings is 1. The van der Waals surface area contributed by atoms with Crippen molar-refractivity contribution in [2.24, 2.45) is 5.92 Å². The van der Waals surface area contributed by atoms with Crippen LogP contribution in [0.4, 0.5) is 4.39 Å². The van der Waals surface area contributed by atoms with Crippen LogP contribution in [0.25, 0.3) is 0 Å². The maximum Gasteiger partial charge on any atom is 0.244 e. The first-order valence-electron chi connectivity index (χ1n) is 10.1. The predicted molar refractivity (Wildman–Crippen MR) is 109 cm³/mol. The largest absolute Gasteiger partial charge is 0.344 e. The molecule has 0 bridgehead atoms. The molecule has 0 aromatic heterocycles. The van der Waals surface area contributed by atoms with E-state index in [9.17, 15) is 27.2 Å². The normalized spacial score (nSPS) is 21.6. The smallest absolute Gasteiger partial charge is 0.244 e. The van der Waals surface area contributed by atoms with Crippen LogP contribution in [0.2, 0.25) is 0 Å². The number of likely N-dealkylation sites (tertiary alicyclic amines) is 1. The highest BCUT2D eigenvalue weighted by Crippen LogP contribution is 2.49. The summed E-state index contributed by atoms with van der Waals surface area (Å²) < 4.78 is 37.0. The van der Waals surface area contributed by atoms with Crippen molar-refractivity contribution in [3.63, 3.8) is 0 Å². The molecule has 1 saturated carbocycles. The highest BCUT2D eigenvalue weighted by atomic mass is 32.2. The van der Waals surface area contributed by atoms with Gasteiger partial charge in [-0.05, 0) is 38.7 Å². The van der Waals surface area contributed by atoms with Crippen LogP contribution in [-0.4, -0.2) is 62.1 Å². The van der Waals surface area contributed by atoms with Crippen molar-refractivity contribution in [2.45, 2.75) is 44.1 Å². The SMILES string of the molecule is C[C@@H](NC(=O)C1(c2ccccc2F)CC1)C(=O)N1CCCC(C(=O)CS(C)(=O)=O)C1. The van der Waals surface area contributed by atoms with Crippen LogP contribution in [0.5, 0.6) is 0 Å². The summed E-state index contributed by atoms with van der Waals surface area (Å²) in [5.41, 5.74) is -0.595. The second-order valence-corrected chi connectivity index (χ2v) is 10.6. The Kier molecular flexibility index (Phi) is 6.31. The molecular weight excluding hydrogens is 411 g/mol. The Hall–Kier alpha value is -2.29. The fourth-order valence-corrected chi connectivity index (χ4v) is 4.83. The lowest BCUT2D eigenvalue weighted by molar-refractivity contribution is -0.139. The summed E-state index contributed by atoms with van der Waals surface area (Å²) in [6.45, 7) is 2.16. The highest BCUT2D eigenvalue weighted by molar-refractivity contribution is 7.91. The molecule has 1 aliphatic carbocycles. The Morgan fingerprint density at radius 2 is 1.93 bits per heavy atom. The zero-order valence-electron chi connectivity index (χ0n) is 17.2. The molecule has 1 aromatic rings. The van der Waals surface area contributed by atoms with Crippen molar-refractivity contribution in [1.29, 1.82) is 0 Å². The van der Waals surface area contributed by atoms with Gasteiger partial charge < -0.3 is 10.2 Å². The van der Waals surface area contributed by atoms with E-state index in [4.69, 9.17) is 0 Å². The van der Waals surface area contributed by atoms with E-state index in [0.717, 1.165) is 6.26 Å². The molecule has 164 valence electrons. The summed E-state index contributed by atoms with van der Waals surface area (Å²) in [6.07, 6.45) is 3.18. The molecule has 2 atom stereocenters. The number of hydrogen-bond donors (Lipinski definition) is 1. The number of Topliss-reactive ketones (excluding diaryl/α,β-unsaturated/α-hetero) is 1. The molecule has 3 rings (SSSR count). The van der Waals surface area contributed by atoms with Crippen molar-refractivity contribution >= 4 is 27.4 Å². The Labute approximate surface area is 175 Å². The molecule has 7 nitrogen and oxygen atoms in total. The molecule has 9 heteroatoms. The number of nitrogens with one attached hydrogen (secondary N) is 1. The summed E-state index contributed by atoms with van der Waals surface area (Å²) in [5, 5.41) is 2.71. The van der Waals surface area contributed by atoms with E-state index >= 15 is 0 Å². The molecule has 0 radical (unpaired) electrons. The van der Waals surface area contributed by atoms with Crippen molar-refractivity contribution in [3.05, 3.63) is 35.6 Å². The molecule has 0 spiro atoms. The fraction of sp³-hybridized carbons (Fsp3) is 0.571. The average molecular weight is 439 g/mol. The van der Waals surface area contributed by atoms with E-state index in [1.54, 1.807) is 25.1 Å². The van der Waals surface area contributed by atoms with Crippen LogP contribution in [0.15, 0.2) is 24.3 Å². The Morgan fingerprint density at radius 1 is 1.27 bits per heavy atom. The van der Waals surface area contributed by atoms with Gasteiger partial charge in [-0.2, -0.15) is 0 Å². The van der Waals surface area contributed by atoms with Crippen LogP contribution >= 0.6 is 0 Å². The lowest BCUT2D eigenvalue weighted by Crippen LogP contribution is -2.52. The number of carbonyl (C=O) groups excluding carboxylic acids is 3. The van der Waals surface area contributed by atoms with Gasteiger partial charge in [0.2, 0.25) is 11.8 Å². The number of ketones is 1. The number of rotatable bonds is 7. The Morgan fingerprint density at radius 3 is 2.53 bits per heavy atom. The van der Waals surface area contributed by atoms with Crippen LogP contribution in [0, 0.1) is 11.7 Å². The Balaban J connectivity index is 1.62. The number of nitrogens with zero attached hydrogens (tertiary/aromatic N) is 1. The van der Waals surface area contributed by atoms with Crippen molar-refractivity contribution in [3.8, 4) is 0 Å². The second kappa shape index (κ2) is 8.45. The molecule has 1 saturated heterocycles. The lowest BCUT2D eigenvalue weighted by Gasteiger charge is -2.34. The van der Waals surface area contributed by atoms with Crippen molar-refractivity contribution in [2.75, 3.05) is 25.1 Å². The molecular formula is C21H27FN2O5S. The number of amides is 2. The van der Waals surface area contributed by atoms with Crippen LogP contribution < -0.4 is 5.32 Å². The van der Waals surface area contributed by atoms with E-state index in [1.165, 1.54) is 11.0 Å². The topological polar surface area (TPSA) is 101 Å². The number of benzene rings is 1. The molecule has 30 heavy (non-hydrogen) atoms. The molecule has 1 aromatic carbocycles. The van der Waals surface area contributed by atoms with Gasteiger partial charge in [0.05, 0.1) is 5.41 Å². The number of carbonyl (C=O) groups is 3. The molecule has 1 unspecified atom stereocenters. The van der Waals surface area contributed by atoms with E-state index in [0.29, 0.717) is 37.8 Å². The zero-order chi connectivity index (χ0) is 22.1. The number of hydrogen-bond acceptors (Lipinski definition) is 5.